The summed E-state index contributed by atoms with van der Waals surface area (Å²) in [6.07, 6.45) is 2.44. The van der Waals surface area contributed by atoms with Crippen molar-refractivity contribution in [2.75, 3.05) is 23.3 Å². The molecule has 1 amide bonds. The maximum atomic E-state index is 11.4. The lowest BCUT2D eigenvalue weighted by Gasteiger charge is -2.15. The molecule has 0 aromatic heterocycles. The molecule has 1 fully saturated rings. The van der Waals surface area contributed by atoms with Crippen molar-refractivity contribution in [1.29, 1.82) is 0 Å². The van der Waals surface area contributed by atoms with Crippen LogP contribution in [0.2, 0.25) is 5.02 Å². The van der Waals surface area contributed by atoms with Crippen molar-refractivity contribution in [1.82, 2.24) is 0 Å². The zero-order valence-electron chi connectivity index (χ0n) is 9.91. The fourth-order valence-electron chi connectivity index (χ4n) is 2.02. The molecule has 1 atom stereocenters. The third-order valence-corrected chi connectivity index (χ3v) is 4.60. The molecule has 98 valence electrons. The molecule has 1 aliphatic heterocycles. The molecule has 1 aliphatic rings. The fraction of sp³-hybridized carbons (Fsp3) is 0.417. The number of anilines is 2. The summed E-state index contributed by atoms with van der Waals surface area (Å²) in [7, 11) is 0. The lowest BCUT2D eigenvalue weighted by Crippen LogP contribution is -2.19. The van der Waals surface area contributed by atoms with Crippen LogP contribution < -0.4 is 16.8 Å². The van der Waals surface area contributed by atoms with E-state index in [9.17, 15) is 4.79 Å². The summed E-state index contributed by atoms with van der Waals surface area (Å²) in [6, 6.07) is 3.18. The summed E-state index contributed by atoms with van der Waals surface area (Å²) in [5.41, 5.74) is 12.4. The zero-order chi connectivity index (χ0) is 13.1. The Morgan fingerprint density at radius 3 is 2.94 bits per heavy atom. The van der Waals surface area contributed by atoms with Gasteiger partial charge in [0.25, 0.3) is 5.91 Å². The molecule has 5 N–H and O–H groups in total. The van der Waals surface area contributed by atoms with Gasteiger partial charge in [-0.2, -0.15) is 11.8 Å². The SMILES string of the molecule is NC(=O)c1cc(N)cc(Cl)c1NCC1CCCS1. The minimum Gasteiger partial charge on any atom is -0.399 e. The summed E-state index contributed by atoms with van der Waals surface area (Å²) in [5.74, 6) is 0.676. The first-order valence-corrected chi connectivity index (χ1v) is 7.25. The van der Waals surface area contributed by atoms with Gasteiger partial charge in [0.1, 0.15) is 0 Å². The Bertz CT molecular complexity index is 461. The molecule has 2 rings (SSSR count). The number of halogens is 1. The van der Waals surface area contributed by atoms with E-state index in [0.29, 0.717) is 27.2 Å². The summed E-state index contributed by atoms with van der Waals surface area (Å²) < 4.78 is 0. The topological polar surface area (TPSA) is 81.1 Å². The van der Waals surface area contributed by atoms with Crippen LogP contribution in [-0.2, 0) is 0 Å². The lowest BCUT2D eigenvalue weighted by molar-refractivity contribution is 0.100. The number of amides is 1. The molecular formula is C12H16ClN3OS. The Hall–Kier alpha value is -1.07. The highest BCUT2D eigenvalue weighted by molar-refractivity contribution is 8.00. The van der Waals surface area contributed by atoms with Crippen molar-refractivity contribution in [3.05, 3.63) is 22.7 Å². The number of thioether (sulfide) groups is 1. The number of primary amides is 1. The van der Waals surface area contributed by atoms with Crippen LogP contribution in [0.3, 0.4) is 0 Å². The van der Waals surface area contributed by atoms with Gasteiger partial charge in [0.2, 0.25) is 0 Å². The molecule has 1 saturated heterocycles. The van der Waals surface area contributed by atoms with Crippen LogP contribution in [0.1, 0.15) is 23.2 Å². The molecule has 0 aliphatic carbocycles. The first-order valence-electron chi connectivity index (χ1n) is 5.82. The molecule has 0 saturated carbocycles. The Balaban J connectivity index is 2.17. The summed E-state index contributed by atoms with van der Waals surface area (Å²) in [5, 5.41) is 4.23. The maximum Gasteiger partial charge on any atom is 0.250 e. The van der Waals surface area contributed by atoms with Gasteiger partial charge in [-0.05, 0) is 30.7 Å². The van der Waals surface area contributed by atoms with Gasteiger partial charge in [0.05, 0.1) is 16.3 Å². The first-order chi connectivity index (χ1) is 8.58. The monoisotopic (exact) mass is 285 g/mol. The van der Waals surface area contributed by atoms with Gasteiger partial charge in [-0.1, -0.05) is 11.6 Å². The molecule has 1 unspecified atom stereocenters. The smallest absolute Gasteiger partial charge is 0.250 e. The molecule has 1 heterocycles. The highest BCUT2D eigenvalue weighted by Crippen LogP contribution is 2.31. The number of rotatable bonds is 4. The fourth-order valence-corrected chi connectivity index (χ4v) is 3.52. The quantitative estimate of drug-likeness (QED) is 0.742. The van der Waals surface area contributed by atoms with E-state index >= 15 is 0 Å². The zero-order valence-corrected chi connectivity index (χ0v) is 11.5. The molecule has 1 aromatic carbocycles. The molecule has 4 nitrogen and oxygen atoms in total. The van der Waals surface area contributed by atoms with Crippen LogP contribution >= 0.6 is 23.4 Å². The number of hydrogen-bond acceptors (Lipinski definition) is 4. The molecule has 1 aromatic rings. The first kappa shape index (κ1) is 13.4. The van der Waals surface area contributed by atoms with E-state index in [2.05, 4.69) is 5.32 Å². The predicted octanol–water partition coefficient (Wildman–Crippen LogP) is 2.33. The van der Waals surface area contributed by atoms with Crippen LogP contribution in [0.5, 0.6) is 0 Å². The number of hydrogen-bond donors (Lipinski definition) is 3. The normalized spacial score (nSPS) is 18.8. The van der Waals surface area contributed by atoms with Crippen LogP contribution in [0.4, 0.5) is 11.4 Å². The van der Waals surface area contributed by atoms with Crippen molar-refractivity contribution in [2.24, 2.45) is 5.73 Å². The lowest BCUT2D eigenvalue weighted by atomic mass is 10.1. The molecule has 0 radical (unpaired) electrons. The van der Waals surface area contributed by atoms with Crippen molar-refractivity contribution in [3.63, 3.8) is 0 Å². The molecule has 18 heavy (non-hydrogen) atoms. The van der Waals surface area contributed by atoms with Crippen molar-refractivity contribution < 1.29 is 4.79 Å². The van der Waals surface area contributed by atoms with Crippen LogP contribution in [-0.4, -0.2) is 23.5 Å². The van der Waals surface area contributed by atoms with E-state index in [1.165, 1.54) is 18.6 Å². The number of nitrogen functional groups attached to an aromatic ring is 1. The third kappa shape index (κ3) is 3.03. The standard InChI is InChI=1S/C12H16ClN3OS/c13-10-5-7(14)4-9(12(15)17)11(10)16-6-8-2-1-3-18-8/h4-5,8,16H,1-3,6,14H2,(H2,15,17). The largest absolute Gasteiger partial charge is 0.399 e. The van der Waals surface area contributed by atoms with Gasteiger partial charge in [-0.25, -0.2) is 0 Å². The predicted molar refractivity (Wildman–Crippen MR) is 78.4 cm³/mol. The third-order valence-electron chi connectivity index (χ3n) is 2.91. The van der Waals surface area contributed by atoms with Gasteiger partial charge in [-0.3, -0.25) is 4.79 Å². The van der Waals surface area contributed by atoms with Crippen LogP contribution in [0, 0.1) is 0 Å². The minimum absolute atomic E-state index is 0.350. The van der Waals surface area contributed by atoms with E-state index in [1.807, 2.05) is 11.8 Å². The number of carbonyl (C=O) groups excluding carboxylic acids is 1. The van der Waals surface area contributed by atoms with Crippen molar-refractivity contribution in [2.45, 2.75) is 18.1 Å². The second-order valence-corrected chi connectivity index (χ2v) is 6.12. The van der Waals surface area contributed by atoms with Crippen molar-refractivity contribution >= 4 is 40.6 Å². The minimum atomic E-state index is -0.522. The number of carbonyl (C=O) groups is 1. The highest BCUT2D eigenvalue weighted by atomic mass is 35.5. The van der Waals surface area contributed by atoms with E-state index in [0.717, 1.165) is 6.54 Å². The molecule has 0 spiro atoms. The van der Waals surface area contributed by atoms with E-state index in [4.69, 9.17) is 23.1 Å². The maximum absolute atomic E-state index is 11.4. The molecular weight excluding hydrogens is 270 g/mol. The van der Waals surface area contributed by atoms with Crippen LogP contribution in [0.15, 0.2) is 12.1 Å². The van der Waals surface area contributed by atoms with Gasteiger partial charge in [0.15, 0.2) is 0 Å². The average molecular weight is 286 g/mol. The van der Waals surface area contributed by atoms with Gasteiger partial charge in [0, 0.05) is 17.5 Å². The number of nitrogens with one attached hydrogen (secondary N) is 1. The molecule has 0 bridgehead atoms. The van der Waals surface area contributed by atoms with E-state index in [-0.39, 0.29) is 0 Å². The van der Waals surface area contributed by atoms with Gasteiger partial charge < -0.3 is 16.8 Å². The Kier molecular flexibility index (Phi) is 4.24. The number of benzene rings is 1. The Morgan fingerprint density at radius 1 is 1.56 bits per heavy atom. The van der Waals surface area contributed by atoms with Crippen LogP contribution in [0.25, 0.3) is 0 Å². The van der Waals surface area contributed by atoms with Gasteiger partial charge >= 0.3 is 0 Å². The Morgan fingerprint density at radius 2 is 2.33 bits per heavy atom. The summed E-state index contributed by atoms with van der Waals surface area (Å²) in [4.78, 5) is 11.4. The van der Waals surface area contributed by atoms with E-state index < -0.39 is 5.91 Å². The van der Waals surface area contributed by atoms with Gasteiger partial charge in [-0.15, -0.1) is 0 Å². The second-order valence-electron chi connectivity index (χ2n) is 4.31. The summed E-state index contributed by atoms with van der Waals surface area (Å²) >= 11 is 8.05. The highest BCUT2D eigenvalue weighted by Gasteiger charge is 2.18. The second kappa shape index (κ2) is 5.71. The molecule has 6 heteroatoms. The van der Waals surface area contributed by atoms with E-state index in [1.54, 1.807) is 12.1 Å². The summed E-state index contributed by atoms with van der Waals surface area (Å²) in [6.45, 7) is 0.786. The number of nitrogens with two attached hydrogens (primary N) is 2. The Labute approximate surface area is 115 Å². The van der Waals surface area contributed by atoms with Crippen molar-refractivity contribution in [3.8, 4) is 0 Å². The average Bonchev–Trinajstić information content (AvgIpc) is 2.79.